The van der Waals surface area contributed by atoms with E-state index in [0.29, 0.717) is 28.5 Å². The maximum Gasteiger partial charge on any atom is 0.198 e. The van der Waals surface area contributed by atoms with Crippen LogP contribution in [0.15, 0.2) is 56.9 Å². The van der Waals surface area contributed by atoms with Crippen LogP contribution in [0.4, 0.5) is 0 Å². The van der Waals surface area contributed by atoms with Crippen molar-refractivity contribution < 1.29 is 9.32 Å². The van der Waals surface area contributed by atoms with Crippen LogP contribution in [0, 0.1) is 0 Å². The van der Waals surface area contributed by atoms with Crippen molar-refractivity contribution in [2.45, 2.75) is 35.0 Å². The Kier molecular flexibility index (Phi) is 5.85. The van der Waals surface area contributed by atoms with Crippen molar-refractivity contribution in [3.8, 4) is 0 Å². The van der Waals surface area contributed by atoms with Crippen LogP contribution < -0.4 is 0 Å². The van der Waals surface area contributed by atoms with Gasteiger partial charge in [-0.15, -0.1) is 23.5 Å². The summed E-state index contributed by atoms with van der Waals surface area (Å²) in [6.45, 7) is 0. The van der Waals surface area contributed by atoms with Gasteiger partial charge in [0.05, 0.1) is 16.8 Å². The van der Waals surface area contributed by atoms with E-state index in [2.05, 4.69) is 23.5 Å². The Labute approximate surface area is 178 Å². The van der Waals surface area contributed by atoms with E-state index in [1.54, 1.807) is 29.7 Å². The van der Waals surface area contributed by atoms with E-state index in [1.807, 2.05) is 30.5 Å². The number of hydrogen-bond acceptors (Lipinski definition) is 5. The van der Waals surface area contributed by atoms with Gasteiger partial charge < -0.3 is 4.52 Å². The van der Waals surface area contributed by atoms with Gasteiger partial charge in [-0.2, -0.15) is 0 Å². The second kappa shape index (κ2) is 8.36. The number of hydrogen-bond donors (Lipinski definition) is 0. The summed E-state index contributed by atoms with van der Waals surface area (Å²) < 4.78 is 5.40. The van der Waals surface area contributed by atoms with E-state index in [1.165, 1.54) is 10.5 Å². The number of thioether (sulfide) groups is 2. The molecule has 28 heavy (non-hydrogen) atoms. The number of carbonyl (C=O) groups is 1. The van der Waals surface area contributed by atoms with E-state index >= 15 is 0 Å². The minimum Gasteiger partial charge on any atom is -0.360 e. The summed E-state index contributed by atoms with van der Waals surface area (Å²) in [7, 11) is 0. The molecule has 6 heteroatoms. The van der Waals surface area contributed by atoms with E-state index in [0.717, 1.165) is 29.1 Å². The van der Waals surface area contributed by atoms with Gasteiger partial charge in [-0.25, -0.2) is 0 Å². The van der Waals surface area contributed by atoms with Gasteiger partial charge >= 0.3 is 0 Å². The second-order valence-corrected chi connectivity index (χ2v) is 8.87. The molecule has 0 atom stereocenters. The van der Waals surface area contributed by atoms with Crippen LogP contribution in [-0.4, -0.2) is 23.5 Å². The van der Waals surface area contributed by atoms with E-state index < -0.39 is 0 Å². The average molecular weight is 430 g/mol. The van der Waals surface area contributed by atoms with Crippen molar-refractivity contribution >= 4 is 40.9 Å². The highest BCUT2D eigenvalue weighted by atomic mass is 35.5. The van der Waals surface area contributed by atoms with Crippen LogP contribution in [0.3, 0.4) is 0 Å². The lowest BCUT2D eigenvalue weighted by atomic mass is 9.93. The number of aromatic nitrogens is 1. The molecule has 0 radical (unpaired) electrons. The fourth-order valence-corrected chi connectivity index (χ4v) is 5.17. The average Bonchev–Trinajstić information content (AvgIpc) is 3.44. The fourth-order valence-electron chi connectivity index (χ4n) is 3.45. The van der Waals surface area contributed by atoms with Gasteiger partial charge in [0, 0.05) is 27.7 Å². The van der Waals surface area contributed by atoms with Gasteiger partial charge in [-0.1, -0.05) is 35.0 Å². The van der Waals surface area contributed by atoms with Crippen LogP contribution in [0.2, 0.25) is 5.02 Å². The molecular weight excluding hydrogens is 410 g/mol. The summed E-state index contributed by atoms with van der Waals surface area (Å²) in [5, 5.41) is 4.58. The molecular formula is C22H20ClNO2S2. The summed E-state index contributed by atoms with van der Waals surface area (Å²) in [4.78, 5) is 15.6. The Hall–Kier alpha value is -1.69. The predicted octanol–water partition coefficient (Wildman–Crippen LogP) is 6.47. The molecule has 3 aromatic rings. The summed E-state index contributed by atoms with van der Waals surface area (Å²) in [5.41, 5.74) is 3.41. The molecule has 1 aliphatic carbocycles. The molecule has 0 aliphatic heterocycles. The van der Waals surface area contributed by atoms with Crippen LogP contribution in [-0.2, 0) is 6.42 Å². The van der Waals surface area contributed by atoms with E-state index in [-0.39, 0.29) is 5.78 Å². The standard InChI is InChI=1S/C22H20ClNO2S2/c1-27-19-6-4-3-5-14(19)11-16-15(9-10-18(23)22(16)28-2)20(25)17-12-24-26-21(17)13-7-8-13/h3-6,9-10,12-13H,7-8,11H2,1-2H3. The topological polar surface area (TPSA) is 43.1 Å². The Bertz CT molecular complexity index is 1030. The lowest BCUT2D eigenvalue weighted by Gasteiger charge is -2.16. The molecule has 1 fully saturated rings. The minimum absolute atomic E-state index is 0.0354. The highest BCUT2D eigenvalue weighted by Gasteiger charge is 2.33. The normalized spacial score (nSPS) is 13.7. The first-order chi connectivity index (χ1) is 13.6. The number of halogens is 1. The maximum atomic E-state index is 13.4. The highest BCUT2D eigenvalue weighted by Crippen LogP contribution is 2.43. The second-order valence-electron chi connectivity index (χ2n) is 6.80. The quantitative estimate of drug-likeness (QED) is 0.318. The summed E-state index contributed by atoms with van der Waals surface area (Å²) in [6, 6.07) is 11.9. The van der Waals surface area contributed by atoms with E-state index in [9.17, 15) is 4.79 Å². The molecule has 0 saturated heterocycles. The van der Waals surface area contributed by atoms with Gasteiger partial charge in [-0.3, -0.25) is 4.79 Å². The molecule has 4 rings (SSSR count). The summed E-state index contributed by atoms with van der Waals surface area (Å²) in [6.07, 6.45) is 8.38. The van der Waals surface area contributed by atoms with Crippen molar-refractivity contribution in [3.05, 3.63) is 75.6 Å². The van der Waals surface area contributed by atoms with Crippen LogP contribution in [0.1, 0.15) is 51.6 Å². The zero-order valence-electron chi connectivity index (χ0n) is 15.7. The molecule has 3 nitrogen and oxygen atoms in total. The highest BCUT2D eigenvalue weighted by molar-refractivity contribution is 7.99. The zero-order chi connectivity index (χ0) is 19.7. The van der Waals surface area contributed by atoms with Crippen LogP contribution in [0.5, 0.6) is 0 Å². The monoisotopic (exact) mass is 429 g/mol. The Balaban J connectivity index is 1.81. The van der Waals surface area contributed by atoms with Crippen LogP contribution in [0.25, 0.3) is 0 Å². The maximum absolute atomic E-state index is 13.4. The third kappa shape index (κ3) is 3.76. The summed E-state index contributed by atoms with van der Waals surface area (Å²) >= 11 is 9.78. The number of benzene rings is 2. The lowest BCUT2D eigenvalue weighted by Crippen LogP contribution is -2.09. The van der Waals surface area contributed by atoms with Crippen molar-refractivity contribution in [1.29, 1.82) is 0 Å². The predicted molar refractivity (Wildman–Crippen MR) is 116 cm³/mol. The van der Waals surface area contributed by atoms with Gasteiger partial charge in [0.2, 0.25) is 0 Å². The number of rotatable bonds is 7. The largest absolute Gasteiger partial charge is 0.360 e. The molecule has 1 aliphatic rings. The SMILES string of the molecule is CSc1ccccc1Cc1c(C(=O)c2cnoc2C2CC2)ccc(Cl)c1SC. The van der Waals surface area contributed by atoms with Crippen LogP contribution >= 0.6 is 35.1 Å². The van der Waals surface area contributed by atoms with Crippen molar-refractivity contribution in [1.82, 2.24) is 5.16 Å². The Morgan fingerprint density at radius 3 is 2.64 bits per heavy atom. The number of nitrogens with zero attached hydrogens (tertiary/aromatic N) is 1. The fraction of sp³-hybridized carbons (Fsp3) is 0.273. The van der Waals surface area contributed by atoms with Crippen molar-refractivity contribution in [2.24, 2.45) is 0 Å². The minimum atomic E-state index is -0.0354. The molecule has 0 spiro atoms. The third-order valence-electron chi connectivity index (χ3n) is 5.01. The summed E-state index contributed by atoms with van der Waals surface area (Å²) in [5.74, 6) is 1.02. The number of carbonyl (C=O) groups excluding carboxylic acids is 1. The third-order valence-corrected chi connectivity index (χ3v) is 7.15. The van der Waals surface area contributed by atoms with Crippen molar-refractivity contribution in [2.75, 3.05) is 12.5 Å². The molecule has 1 aromatic heterocycles. The first kappa shape index (κ1) is 19.6. The van der Waals surface area contributed by atoms with Gasteiger partial charge in [0.1, 0.15) is 0 Å². The van der Waals surface area contributed by atoms with Crippen molar-refractivity contribution in [3.63, 3.8) is 0 Å². The smallest absolute Gasteiger partial charge is 0.198 e. The molecule has 0 bridgehead atoms. The first-order valence-electron chi connectivity index (χ1n) is 9.10. The zero-order valence-corrected chi connectivity index (χ0v) is 18.1. The molecule has 144 valence electrons. The number of ketones is 1. The molecule has 0 unspecified atom stereocenters. The molecule has 1 heterocycles. The first-order valence-corrected chi connectivity index (χ1v) is 11.9. The Morgan fingerprint density at radius 1 is 1.14 bits per heavy atom. The van der Waals surface area contributed by atoms with Gasteiger partial charge in [0.25, 0.3) is 0 Å². The van der Waals surface area contributed by atoms with Gasteiger partial charge in [-0.05, 0) is 54.7 Å². The lowest BCUT2D eigenvalue weighted by molar-refractivity contribution is 0.103. The Morgan fingerprint density at radius 2 is 1.93 bits per heavy atom. The molecule has 0 amide bonds. The molecule has 1 saturated carbocycles. The van der Waals surface area contributed by atoms with E-state index in [4.69, 9.17) is 16.1 Å². The molecule has 0 N–H and O–H groups in total. The van der Waals surface area contributed by atoms with Gasteiger partial charge in [0.15, 0.2) is 11.5 Å². The molecule has 2 aromatic carbocycles.